The van der Waals surface area contributed by atoms with Gasteiger partial charge in [0.05, 0.1) is 5.56 Å². The van der Waals surface area contributed by atoms with Crippen molar-refractivity contribution in [2.24, 2.45) is 7.05 Å². The van der Waals surface area contributed by atoms with Crippen LogP contribution in [0.1, 0.15) is 42.7 Å². The zero-order chi connectivity index (χ0) is 22.2. The van der Waals surface area contributed by atoms with Gasteiger partial charge in [0.1, 0.15) is 18.7 Å². The Kier molecular flexibility index (Phi) is 5.39. The summed E-state index contributed by atoms with van der Waals surface area (Å²) in [4.78, 5) is 13.1. The minimum Gasteiger partial charge on any atom is -0.416 e. The fourth-order valence-electron chi connectivity index (χ4n) is 4.34. The third-order valence-corrected chi connectivity index (χ3v) is 6.04. The number of benzene rings is 1. The van der Waals surface area contributed by atoms with Crippen LogP contribution in [0.3, 0.4) is 0 Å². The Balaban J connectivity index is 1.97. The van der Waals surface area contributed by atoms with Crippen LogP contribution in [0.25, 0.3) is 17.3 Å². The average Bonchev–Trinajstić information content (AvgIpc) is 2.86. The van der Waals surface area contributed by atoms with Gasteiger partial charge in [0.25, 0.3) is 5.69 Å². The summed E-state index contributed by atoms with van der Waals surface area (Å²) < 4.78 is 38.7. The summed E-state index contributed by atoms with van der Waals surface area (Å²) in [7, 11) is 1.76. The molecule has 0 spiro atoms. The normalized spacial score (nSPS) is 14.2. The van der Waals surface area contributed by atoms with Gasteiger partial charge in [-0.15, -0.1) is 0 Å². The quantitative estimate of drug-likeness (QED) is 0.459. The fraction of sp³-hybridized carbons (Fsp3) is 0.240. The maximum Gasteiger partial charge on any atom is 0.408 e. The van der Waals surface area contributed by atoms with Crippen molar-refractivity contribution in [3.05, 3.63) is 89.6 Å². The van der Waals surface area contributed by atoms with Gasteiger partial charge in [-0.1, -0.05) is 13.8 Å². The highest BCUT2D eigenvalue weighted by Crippen LogP contribution is 2.39. The zero-order valence-corrected chi connectivity index (χ0v) is 17.7. The Morgan fingerprint density at radius 1 is 1.03 bits per heavy atom. The van der Waals surface area contributed by atoms with Crippen molar-refractivity contribution in [2.45, 2.75) is 32.2 Å². The summed E-state index contributed by atoms with van der Waals surface area (Å²) in [5.74, 6) is -1.52. The van der Waals surface area contributed by atoms with E-state index in [0.29, 0.717) is 35.6 Å². The molecule has 31 heavy (non-hydrogen) atoms. The average molecular weight is 422 g/mol. The van der Waals surface area contributed by atoms with Crippen LogP contribution in [0.2, 0.25) is 0 Å². The number of rotatable bonds is 4. The molecule has 3 heterocycles. The van der Waals surface area contributed by atoms with Crippen molar-refractivity contribution >= 4 is 12.0 Å². The number of aryl methyl sites for hydroxylation is 1. The molecule has 1 aliphatic rings. The molecule has 0 N–H and O–H groups in total. The van der Waals surface area contributed by atoms with Gasteiger partial charge in [-0.3, -0.25) is 0 Å². The molecule has 1 aromatic carbocycles. The number of allylic oxidation sites excluding steroid dienone is 1. The number of esters is 1. The lowest BCUT2D eigenvalue weighted by Crippen LogP contribution is -2.58. The van der Waals surface area contributed by atoms with Crippen LogP contribution in [-0.4, -0.2) is 5.97 Å². The van der Waals surface area contributed by atoms with Gasteiger partial charge < -0.3 is 4.74 Å². The highest BCUT2D eigenvalue weighted by molar-refractivity contribution is 5.87. The Morgan fingerprint density at radius 2 is 1.74 bits per heavy atom. The number of ether oxygens (including phenoxy) is 1. The third-order valence-electron chi connectivity index (χ3n) is 6.04. The van der Waals surface area contributed by atoms with E-state index in [9.17, 15) is 13.6 Å². The van der Waals surface area contributed by atoms with Crippen LogP contribution >= 0.6 is 0 Å². The summed E-state index contributed by atoms with van der Waals surface area (Å²) in [5, 5.41) is 0. The van der Waals surface area contributed by atoms with Gasteiger partial charge in [-0.2, -0.15) is 9.13 Å². The summed E-state index contributed by atoms with van der Waals surface area (Å²) in [6.07, 6.45) is 6.38. The van der Waals surface area contributed by atoms with Crippen molar-refractivity contribution < 1.29 is 27.4 Å². The second kappa shape index (κ2) is 8.02. The number of halogens is 2. The number of fused-ring (bicyclic) bond motifs is 3. The van der Waals surface area contributed by atoms with E-state index in [1.807, 2.05) is 42.8 Å². The predicted molar refractivity (Wildman–Crippen MR) is 112 cm³/mol. The van der Waals surface area contributed by atoms with Gasteiger partial charge in [0.15, 0.2) is 18.2 Å². The van der Waals surface area contributed by atoms with E-state index in [1.54, 1.807) is 42.1 Å². The summed E-state index contributed by atoms with van der Waals surface area (Å²) in [6.45, 7) is 3.98. The molecule has 2 aromatic heterocycles. The third kappa shape index (κ3) is 3.42. The molecule has 3 aromatic rings. The molecule has 1 aliphatic heterocycles. The Bertz CT molecular complexity index is 1200. The van der Waals surface area contributed by atoms with Gasteiger partial charge in [0, 0.05) is 43.2 Å². The lowest BCUT2D eigenvalue weighted by atomic mass is 9.89. The van der Waals surface area contributed by atoms with Gasteiger partial charge in [-0.05, 0) is 29.8 Å². The number of carbonyl (C=O) groups is 1. The SMILES string of the molecule is CCC1(CC)C(OC(=O)c2cccc[n+]2C)=Cc2cc(F)cc(F)c2-c2cccc[n+]21. The molecule has 0 saturated heterocycles. The van der Waals surface area contributed by atoms with Gasteiger partial charge in [-0.25, -0.2) is 13.6 Å². The maximum absolute atomic E-state index is 15.0. The van der Waals surface area contributed by atoms with Crippen molar-refractivity contribution in [3.8, 4) is 11.3 Å². The minimum absolute atomic E-state index is 0.282. The molecule has 0 bridgehead atoms. The zero-order valence-electron chi connectivity index (χ0n) is 17.7. The molecule has 0 radical (unpaired) electrons. The van der Waals surface area contributed by atoms with E-state index in [4.69, 9.17) is 4.74 Å². The van der Waals surface area contributed by atoms with E-state index in [-0.39, 0.29) is 5.56 Å². The molecule has 4 nitrogen and oxygen atoms in total. The molecular weight excluding hydrogens is 398 g/mol. The number of hydrogen-bond acceptors (Lipinski definition) is 2. The Morgan fingerprint density at radius 3 is 2.45 bits per heavy atom. The number of pyridine rings is 2. The molecule has 158 valence electrons. The molecule has 0 aliphatic carbocycles. The first-order chi connectivity index (χ1) is 14.9. The lowest BCUT2D eigenvalue weighted by Gasteiger charge is -2.28. The topological polar surface area (TPSA) is 34.1 Å². The van der Waals surface area contributed by atoms with Crippen LogP contribution in [-0.2, 0) is 17.3 Å². The van der Waals surface area contributed by atoms with Crippen LogP contribution in [0.15, 0.2) is 66.7 Å². The van der Waals surface area contributed by atoms with E-state index in [2.05, 4.69) is 0 Å². The summed E-state index contributed by atoms with van der Waals surface area (Å²) in [6, 6.07) is 12.9. The number of nitrogens with zero attached hydrogens (tertiary/aromatic N) is 2. The maximum atomic E-state index is 15.0. The largest absolute Gasteiger partial charge is 0.416 e. The van der Waals surface area contributed by atoms with E-state index in [1.165, 1.54) is 6.07 Å². The smallest absolute Gasteiger partial charge is 0.408 e. The highest BCUT2D eigenvalue weighted by Gasteiger charge is 2.48. The first kappa shape index (κ1) is 20.8. The summed E-state index contributed by atoms with van der Waals surface area (Å²) >= 11 is 0. The van der Waals surface area contributed by atoms with Crippen LogP contribution < -0.4 is 9.13 Å². The summed E-state index contributed by atoms with van der Waals surface area (Å²) in [5.41, 5.74) is 0.844. The lowest BCUT2D eigenvalue weighted by molar-refractivity contribution is -0.749. The van der Waals surface area contributed by atoms with E-state index >= 15 is 0 Å². The first-order valence-electron chi connectivity index (χ1n) is 10.3. The molecule has 0 unspecified atom stereocenters. The van der Waals surface area contributed by atoms with Gasteiger partial charge >= 0.3 is 5.97 Å². The standard InChI is InChI=1S/C25H24F2N2O2/c1-4-25(5-2)22(31-24(30)21-11-6-8-12-28(21)3)15-17-14-18(26)16-19(27)23(17)20-10-7-9-13-29(20)25/h6-16H,4-5H2,1-3H3/q+2. The van der Waals surface area contributed by atoms with Crippen molar-refractivity contribution in [3.63, 3.8) is 0 Å². The monoisotopic (exact) mass is 422 g/mol. The number of aromatic nitrogens is 2. The first-order valence-corrected chi connectivity index (χ1v) is 10.3. The van der Waals surface area contributed by atoms with E-state index in [0.717, 1.165) is 6.07 Å². The molecule has 0 fully saturated rings. The van der Waals surface area contributed by atoms with Crippen LogP contribution in [0.4, 0.5) is 8.78 Å². The minimum atomic E-state index is -0.748. The molecule has 6 heteroatoms. The van der Waals surface area contributed by atoms with Gasteiger partial charge in [0.2, 0.25) is 11.2 Å². The molecule has 0 saturated carbocycles. The number of hydrogen-bond donors (Lipinski definition) is 0. The fourth-order valence-corrected chi connectivity index (χ4v) is 4.34. The molecule has 4 rings (SSSR count). The van der Waals surface area contributed by atoms with Crippen molar-refractivity contribution in [1.82, 2.24) is 0 Å². The van der Waals surface area contributed by atoms with E-state index < -0.39 is 23.1 Å². The predicted octanol–water partition coefficient (Wildman–Crippen LogP) is 4.47. The molecule has 0 atom stereocenters. The van der Waals surface area contributed by atoms with Crippen molar-refractivity contribution in [2.75, 3.05) is 0 Å². The second-order valence-corrected chi connectivity index (χ2v) is 7.64. The molecular formula is C25H24F2N2O2+2. The Labute approximate surface area is 180 Å². The second-order valence-electron chi connectivity index (χ2n) is 7.64. The Hall–Kier alpha value is -3.41. The number of carbonyl (C=O) groups excluding carboxylic acids is 1. The van der Waals surface area contributed by atoms with Crippen molar-refractivity contribution in [1.29, 1.82) is 0 Å². The molecule has 0 amide bonds. The highest BCUT2D eigenvalue weighted by atomic mass is 19.1. The van der Waals surface area contributed by atoms with Crippen LogP contribution in [0.5, 0.6) is 0 Å². The van der Waals surface area contributed by atoms with Crippen LogP contribution in [0, 0.1) is 11.6 Å².